The second-order valence-corrected chi connectivity index (χ2v) is 7.80. The van der Waals surface area contributed by atoms with Gasteiger partial charge in [0.15, 0.2) is 16.8 Å². The number of carbonyl (C=O) groups is 1. The van der Waals surface area contributed by atoms with Crippen molar-refractivity contribution in [2.24, 2.45) is 0 Å². The third-order valence-electron chi connectivity index (χ3n) is 4.79. The van der Waals surface area contributed by atoms with Crippen molar-refractivity contribution >= 4 is 17.5 Å². The molecule has 0 unspecified atom stereocenters. The zero-order valence-electron chi connectivity index (χ0n) is 17.1. The van der Waals surface area contributed by atoms with E-state index in [4.69, 9.17) is 4.74 Å². The summed E-state index contributed by atoms with van der Waals surface area (Å²) in [6, 6.07) is 21.4. The maximum Gasteiger partial charge on any atom is 0.196 e. The van der Waals surface area contributed by atoms with Crippen LogP contribution in [0.15, 0.2) is 78.0 Å². The van der Waals surface area contributed by atoms with Crippen LogP contribution in [0, 0.1) is 5.82 Å². The van der Waals surface area contributed by atoms with Crippen LogP contribution in [0.5, 0.6) is 5.75 Å². The van der Waals surface area contributed by atoms with Gasteiger partial charge in [-0.1, -0.05) is 30.0 Å². The highest BCUT2D eigenvalue weighted by Crippen LogP contribution is 2.32. The molecule has 0 spiro atoms. The molecule has 0 bridgehead atoms. The van der Waals surface area contributed by atoms with Crippen LogP contribution < -0.4 is 4.74 Å². The van der Waals surface area contributed by atoms with Crippen LogP contribution >= 0.6 is 11.8 Å². The van der Waals surface area contributed by atoms with Crippen LogP contribution in [0.1, 0.15) is 22.8 Å². The lowest BCUT2D eigenvalue weighted by Crippen LogP contribution is -2.00. The molecular formula is C24H20FN3O2S. The van der Waals surface area contributed by atoms with E-state index in [1.54, 1.807) is 38.3 Å². The molecule has 156 valence electrons. The minimum Gasteiger partial charge on any atom is -0.496 e. The molecular weight excluding hydrogens is 413 g/mol. The number of hydrogen-bond acceptors (Lipinski definition) is 5. The number of ketones is 1. The predicted molar refractivity (Wildman–Crippen MR) is 119 cm³/mol. The molecule has 0 radical (unpaired) electrons. The first-order valence-corrected chi connectivity index (χ1v) is 10.6. The maximum atomic E-state index is 13.4. The lowest BCUT2D eigenvalue weighted by Gasteiger charge is -2.12. The molecule has 0 fully saturated rings. The largest absolute Gasteiger partial charge is 0.496 e. The van der Waals surface area contributed by atoms with Gasteiger partial charge in [0, 0.05) is 28.1 Å². The summed E-state index contributed by atoms with van der Waals surface area (Å²) in [5, 5.41) is 9.45. The van der Waals surface area contributed by atoms with Crippen molar-refractivity contribution in [2.45, 2.75) is 17.8 Å². The summed E-state index contributed by atoms with van der Waals surface area (Å²) in [6.45, 7) is 1.54. The quantitative estimate of drug-likeness (QED) is 0.281. The molecule has 4 rings (SSSR count). The summed E-state index contributed by atoms with van der Waals surface area (Å²) >= 11 is 1.49. The van der Waals surface area contributed by atoms with E-state index in [1.807, 2.05) is 41.0 Å². The molecule has 0 aliphatic carbocycles. The average molecular weight is 434 g/mol. The number of carbonyl (C=O) groups excluding carboxylic acids is 1. The van der Waals surface area contributed by atoms with E-state index in [0.29, 0.717) is 28.0 Å². The first-order chi connectivity index (χ1) is 15.1. The SMILES string of the molecule is COc1ccc(C(C)=O)cc1CSc1nnc(-c2ccc(F)cc2)n1-c1ccccc1. The zero-order chi connectivity index (χ0) is 21.8. The maximum absolute atomic E-state index is 13.4. The van der Waals surface area contributed by atoms with E-state index in [9.17, 15) is 9.18 Å². The number of ether oxygens (including phenoxy) is 1. The highest BCUT2D eigenvalue weighted by molar-refractivity contribution is 7.98. The first kappa shape index (κ1) is 20.8. The van der Waals surface area contributed by atoms with Crippen LogP contribution in [0.25, 0.3) is 17.1 Å². The zero-order valence-corrected chi connectivity index (χ0v) is 17.9. The van der Waals surface area contributed by atoms with Gasteiger partial charge >= 0.3 is 0 Å². The Morgan fingerprint density at radius 1 is 1.03 bits per heavy atom. The number of aromatic nitrogens is 3. The molecule has 0 amide bonds. The molecule has 5 nitrogen and oxygen atoms in total. The molecule has 0 N–H and O–H groups in total. The molecule has 3 aromatic carbocycles. The van der Waals surface area contributed by atoms with Crippen LogP contribution in [0.2, 0.25) is 0 Å². The van der Waals surface area contributed by atoms with Gasteiger partial charge < -0.3 is 4.74 Å². The Labute approximate surface area is 183 Å². The lowest BCUT2D eigenvalue weighted by molar-refractivity contribution is 0.101. The number of thioether (sulfide) groups is 1. The van der Waals surface area contributed by atoms with Crippen molar-refractivity contribution in [2.75, 3.05) is 7.11 Å². The lowest BCUT2D eigenvalue weighted by atomic mass is 10.1. The number of hydrogen-bond donors (Lipinski definition) is 0. The standard InChI is InChI=1S/C24H20FN3O2S/c1-16(29)18-10-13-22(30-2)19(14-18)15-31-24-27-26-23(17-8-11-20(25)12-9-17)28(24)21-6-4-3-5-7-21/h3-14H,15H2,1-2H3. The fourth-order valence-corrected chi connectivity index (χ4v) is 4.14. The molecule has 0 saturated heterocycles. The van der Waals surface area contributed by atoms with E-state index in [1.165, 1.54) is 23.9 Å². The van der Waals surface area contributed by atoms with Gasteiger partial charge in [0.25, 0.3) is 0 Å². The Hall–Kier alpha value is -3.45. The monoisotopic (exact) mass is 433 g/mol. The molecule has 31 heavy (non-hydrogen) atoms. The second kappa shape index (κ2) is 9.14. The first-order valence-electron chi connectivity index (χ1n) is 9.64. The van der Waals surface area contributed by atoms with Crippen LogP contribution in [-0.2, 0) is 5.75 Å². The molecule has 7 heteroatoms. The topological polar surface area (TPSA) is 57.0 Å². The van der Waals surface area contributed by atoms with Crippen LogP contribution in [0.4, 0.5) is 4.39 Å². The van der Waals surface area contributed by atoms with E-state index < -0.39 is 0 Å². The molecule has 0 aliphatic heterocycles. The van der Waals surface area contributed by atoms with E-state index in [2.05, 4.69) is 10.2 Å². The van der Waals surface area contributed by atoms with Gasteiger partial charge in [0.2, 0.25) is 0 Å². The molecule has 0 aliphatic rings. The van der Waals surface area contributed by atoms with E-state index in [-0.39, 0.29) is 11.6 Å². The molecule has 0 saturated carbocycles. The van der Waals surface area contributed by atoms with E-state index in [0.717, 1.165) is 16.8 Å². The number of rotatable bonds is 7. The van der Waals surface area contributed by atoms with Crippen molar-refractivity contribution in [1.29, 1.82) is 0 Å². The van der Waals surface area contributed by atoms with Gasteiger partial charge in [-0.15, -0.1) is 10.2 Å². The number of Topliss-reactive ketones (excluding diaryl/α,β-unsaturated/α-hetero) is 1. The molecule has 4 aromatic rings. The van der Waals surface area contributed by atoms with Gasteiger partial charge in [-0.2, -0.15) is 0 Å². The summed E-state index contributed by atoms with van der Waals surface area (Å²) in [7, 11) is 1.61. The fourth-order valence-electron chi connectivity index (χ4n) is 3.21. The van der Waals surface area contributed by atoms with Crippen LogP contribution in [0.3, 0.4) is 0 Å². The third-order valence-corrected chi connectivity index (χ3v) is 5.77. The second-order valence-electron chi connectivity index (χ2n) is 6.86. The van der Waals surface area contributed by atoms with Crippen molar-refractivity contribution in [3.05, 3.63) is 89.7 Å². The highest BCUT2D eigenvalue weighted by Gasteiger charge is 2.17. The van der Waals surface area contributed by atoms with Crippen molar-refractivity contribution in [3.63, 3.8) is 0 Å². The van der Waals surface area contributed by atoms with Crippen LogP contribution in [-0.4, -0.2) is 27.7 Å². The molecule has 0 atom stereocenters. The Kier molecular flexibility index (Phi) is 6.13. The molecule has 1 heterocycles. The highest BCUT2D eigenvalue weighted by atomic mass is 32.2. The average Bonchev–Trinajstić information content (AvgIpc) is 3.22. The Morgan fingerprint density at radius 2 is 1.77 bits per heavy atom. The summed E-state index contributed by atoms with van der Waals surface area (Å²) in [4.78, 5) is 11.8. The third kappa shape index (κ3) is 4.51. The number of halogens is 1. The van der Waals surface area contributed by atoms with Gasteiger partial charge in [-0.05, 0) is 61.5 Å². The summed E-state index contributed by atoms with van der Waals surface area (Å²) in [5.74, 6) is 1.57. The van der Waals surface area contributed by atoms with Gasteiger partial charge in [0.1, 0.15) is 11.6 Å². The number of para-hydroxylation sites is 1. The van der Waals surface area contributed by atoms with Crippen molar-refractivity contribution in [3.8, 4) is 22.8 Å². The van der Waals surface area contributed by atoms with Gasteiger partial charge in [-0.3, -0.25) is 9.36 Å². The number of methoxy groups -OCH3 is 1. The Balaban J connectivity index is 1.72. The fraction of sp³-hybridized carbons (Fsp3) is 0.125. The van der Waals surface area contributed by atoms with Gasteiger partial charge in [0.05, 0.1) is 7.11 Å². The predicted octanol–water partition coefficient (Wildman–Crippen LogP) is 5.58. The minimum atomic E-state index is -0.304. The number of benzene rings is 3. The van der Waals surface area contributed by atoms with Gasteiger partial charge in [-0.25, -0.2) is 4.39 Å². The van der Waals surface area contributed by atoms with Crippen molar-refractivity contribution in [1.82, 2.24) is 14.8 Å². The summed E-state index contributed by atoms with van der Waals surface area (Å²) in [6.07, 6.45) is 0. The smallest absolute Gasteiger partial charge is 0.196 e. The summed E-state index contributed by atoms with van der Waals surface area (Å²) in [5.41, 5.74) is 3.19. The number of nitrogens with zero attached hydrogens (tertiary/aromatic N) is 3. The van der Waals surface area contributed by atoms with Crippen molar-refractivity contribution < 1.29 is 13.9 Å². The molecule has 1 aromatic heterocycles. The Morgan fingerprint density at radius 3 is 2.45 bits per heavy atom. The normalized spacial score (nSPS) is 10.8. The minimum absolute atomic E-state index is 0.0000449. The Bertz CT molecular complexity index is 1210. The summed E-state index contributed by atoms with van der Waals surface area (Å²) < 4.78 is 20.8. The van der Waals surface area contributed by atoms with E-state index >= 15 is 0 Å².